The van der Waals surface area contributed by atoms with Gasteiger partial charge in [0, 0.05) is 12.1 Å². The van der Waals surface area contributed by atoms with Gasteiger partial charge in [0.15, 0.2) is 0 Å². The van der Waals surface area contributed by atoms with E-state index in [2.05, 4.69) is 29.0 Å². The molecule has 0 bridgehead atoms. The quantitative estimate of drug-likeness (QED) is 0.681. The van der Waals surface area contributed by atoms with Crippen molar-refractivity contribution in [2.75, 3.05) is 27.7 Å². The van der Waals surface area contributed by atoms with Crippen molar-refractivity contribution in [1.82, 2.24) is 10.2 Å². The molecule has 0 aromatic carbocycles. The number of esters is 1. The fraction of sp³-hybridized carbons (Fsp3) is 0.909. The Balaban J connectivity index is 2.38. The largest absolute Gasteiger partial charge is 0.468 e. The third-order valence-electron chi connectivity index (χ3n) is 3.52. The second-order valence-electron chi connectivity index (χ2n) is 4.60. The van der Waals surface area contributed by atoms with Gasteiger partial charge in [0.2, 0.25) is 0 Å². The second-order valence-corrected chi connectivity index (χ2v) is 4.60. The first-order valence-corrected chi connectivity index (χ1v) is 5.50. The minimum atomic E-state index is -0.215. The first-order valence-electron chi connectivity index (χ1n) is 5.50. The van der Waals surface area contributed by atoms with Crippen LogP contribution in [0, 0.1) is 0 Å². The molecule has 0 saturated heterocycles. The SMILES string of the molecule is COC(=O)C(C)NCC1(N(C)C)CCC1. The first-order chi connectivity index (χ1) is 7.02. The van der Waals surface area contributed by atoms with Gasteiger partial charge in [-0.15, -0.1) is 0 Å². The lowest BCUT2D eigenvalue weighted by molar-refractivity contribution is -0.142. The van der Waals surface area contributed by atoms with E-state index in [4.69, 9.17) is 0 Å². The average molecular weight is 214 g/mol. The summed E-state index contributed by atoms with van der Waals surface area (Å²) in [6.45, 7) is 2.70. The summed E-state index contributed by atoms with van der Waals surface area (Å²) < 4.78 is 4.67. The zero-order chi connectivity index (χ0) is 11.5. The Labute approximate surface area is 92.0 Å². The monoisotopic (exact) mass is 214 g/mol. The fourth-order valence-electron chi connectivity index (χ4n) is 1.97. The van der Waals surface area contributed by atoms with E-state index in [9.17, 15) is 4.79 Å². The zero-order valence-electron chi connectivity index (χ0n) is 10.2. The Hall–Kier alpha value is -0.610. The number of ether oxygens (including phenoxy) is 1. The highest BCUT2D eigenvalue weighted by Crippen LogP contribution is 2.35. The van der Waals surface area contributed by atoms with E-state index in [0.717, 1.165) is 6.54 Å². The third-order valence-corrected chi connectivity index (χ3v) is 3.52. The first kappa shape index (κ1) is 12.5. The lowest BCUT2D eigenvalue weighted by atomic mass is 9.75. The van der Waals surface area contributed by atoms with Crippen molar-refractivity contribution in [3.63, 3.8) is 0 Å². The average Bonchev–Trinajstić information content (AvgIpc) is 2.14. The van der Waals surface area contributed by atoms with E-state index >= 15 is 0 Å². The number of hydrogen-bond acceptors (Lipinski definition) is 4. The number of carbonyl (C=O) groups is 1. The maximum Gasteiger partial charge on any atom is 0.322 e. The fourth-order valence-corrected chi connectivity index (χ4v) is 1.97. The molecule has 1 atom stereocenters. The Morgan fingerprint density at radius 1 is 1.53 bits per heavy atom. The molecule has 1 aliphatic rings. The number of hydrogen-bond donors (Lipinski definition) is 1. The van der Waals surface area contributed by atoms with Crippen LogP contribution < -0.4 is 5.32 Å². The van der Waals surface area contributed by atoms with Crippen LogP contribution in [0.25, 0.3) is 0 Å². The maximum atomic E-state index is 11.2. The van der Waals surface area contributed by atoms with Crippen molar-refractivity contribution >= 4 is 5.97 Å². The summed E-state index contributed by atoms with van der Waals surface area (Å²) >= 11 is 0. The molecule has 1 aliphatic carbocycles. The van der Waals surface area contributed by atoms with Crippen LogP contribution in [0.2, 0.25) is 0 Å². The summed E-state index contributed by atoms with van der Waals surface area (Å²) in [5.41, 5.74) is 0.252. The van der Waals surface area contributed by atoms with Crippen LogP contribution in [-0.2, 0) is 9.53 Å². The van der Waals surface area contributed by atoms with E-state index < -0.39 is 0 Å². The van der Waals surface area contributed by atoms with Crippen LogP contribution in [0.3, 0.4) is 0 Å². The molecule has 0 aliphatic heterocycles. The molecule has 0 amide bonds. The third kappa shape index (κ3) is 2.69. The minimum absolute atomic E-state index is 0.191. The molecule has 88 valence electrons. The molecular formula is C11H22N2O2. The molecule has 4 nitrogen and oxygen atoms in total. The highest BCUT2D eigenvalue weighted by atomic mass is 16.5. The maximum absolute atomic E-state index is 11.2. The molecule has 0 aromatic rings. The van der Waals surface area contributed by atoms with Gasteiger partial charge in [0.25, 0.3) is 0 Å². The van der Waals surface area contributed by atoms with Crippen LogP contribution >= 0.6 is 0 Å². The van der Waals surface area contributed by atoms with Crippen LogP contribution in [-0.4, -0.2) is 50.2 Å². The number of nitrogens with one attached hydrogen (secondary N) is 1. The summed E-state index contributed by atoms with van der Waals surface area (Å²) in [7, 11) is 5.62. The molecular weight excluding hydrogens is 192 g/mol. The lowest BCUT2D eigenvalue weighted by Gasteiger charge is -2.47. The number of methoxy groups -OCH3 is 1. The summed E-state index contributed by atoms with van der Waals surface area (Å²) in [6, 6.07) is -0.215. The van der Waals surface area contributed by atoms with Crippen LogP contribution in [0.1, 0.15) is 26.2 Å². The second kappa shape index (κ2) is 4.94. The molecule has 1 fully saturated rings. The van der Waals surface area contributed by atoms with Crippen molar-refractivity contribution in [3.05, 3.63) is 0 Å². The van der Waals surface area contributed by atoms with Gasteiger partial charge in [-0.3, -0.25) is 4.79 Å². The Morgan fingerprint density at radius 2 is 2.13 bits per heavy atom. The number of likely N-dealkylation sites (N-methyl/N-ethyl adjacent to an activating group) is 1. The molecule has 15 heavy (non-hydrogen) atoms. The van der Waals surface area contributed by atoms with Gasteiger partial charge in [-0.05, 0) is 40.3 Å². The van der Waals surface area contributed by atoms with Gasteiger partial charge in [0.05, 0.1) is 7.11 Å². The van der Waals surface area contributed by atoms with Gasteiger partial charge >= 0.3 is 5.97 Å². The molecule has 1 rings (SSSR count). The minimum Gasteiger partial charge on any atom is -0.468 e. The van der Waals surface area contributed by atoms with Gasteiger partial charge in [-0.2, -0.15) is 0 Å². The van der Waals surface area contributed by atoms with Crippen LogP contribution in [0.4, 0.5) is 0 Å². The molecule has 1 N–H and O–H groups in total. The van der Waals surface area contributed by atoms with E-state index in [1.807, 2.05) is 6.92 Å². The molecule has 0 radical (unpaired) electrons. The summed E-state index contributed by atoms with van der Waals surface area (Å²) in [4.78, 5) is 13.5. The smallest absolute Gasteiger partial charge is 0.322 e. The Morgan fingerprint density at radius 3 is 2.47 bits per heavy atom. The Kier molecular flexibility index (Phi) is 4.11. The number of rotatable bonds is 5. The van der Waals surface area contributed by atoms with Crippen molar-refractivity contribution in [3.8, 4) is 0 Å². The summed E-state index contributed by atoms with van der Waals surface area (Å²) in [5.74, 6) is -0.191. The summed E-state index contributed by atoms with van der Waals surface area (Å²) in [5, 5.41) is 3.24. The molecule has 1 saturated carbocycles. The molecule has 0 spiro atoms. The lowest BCUT2D eigenvalue weighted by Crippen LogP contribution is -2.58. The van der Waals surface area contributed by atoms with Crippen molar-refractivity contribution in [1.29, 1.82) is 0 Å². The normalized spacial score (nSPS) is 20.9. The van der Waals surface area contributed by atoms with E-state index in [1.54, 1.807) is 0 Å². The molecule has 1 unspecified atom stereocenters. The molecule has 4 heteroatoms. The molecule has 0 aromatic heterocycles. The predicted octanol–water partition coefficient (Wildman–Crippen LogP) is 0.622. The summed E-state index contributed by atoms with van der Waals surface area (Å²) in [6.07, 6.45) is 3.70. The van der Waals surface area contributed by atoms with Crippen LogP contribution in [0.5, 0.6) is 0 Å². The van der Waals surface area contributed by atoms with Gasteiger partial charge in [-0.1, -0.05) is 0 Å². The number of carbonyl (C=O) groups excluding carboxylic acids is 1. The van der Waals surface area contributed by atoms with Crippen molar-refractivity contribution < 1.29 is 9.53 Å². The van der Waals surface area contributed by atoms with Crippen molar-refractivity contribution in [2.24, 2.45) is 0 Å². The Bertz CT molecular complexity index is 225. The van der Waals surface area contributed by atoms with Crippen molar-refractivity contribution in [2.45, 2.75) is 37.8 Å². The van der Waals surface area contributed by atoms with Gasteiger partial charge < -0.3 is 15.0 Å². The van der Waals surface area contributed by atoms with E-state index in [1.165, 1.54) is 26.4 Å². The topological polar surface area (TPSA) is 41.6 Å². The molecule has 0 heterocycles. The van der Waals surface area contributed by atoms with Gasteiger partial charge in [0.1, 0.15) is 6.04 Å². The number of nitrogens with zero attached hydrogens (tertiary/aromatic N) is 1. The highest BCUT2D eigenvalue weighted by molar-refractivity contribution is 5.75. The highest BCUT2D eigenvalue weighted by Gasteiger charge is 2.39. The zero-order valence-corrected chi connectivity index (χ0v) is 10.2. The van der Waals surface area contributed by atoms with E-state index in [-0.39, 0.29) is 17.6 Å². The van der Waals surface area contributed by atoms with Gasteiger partial charge in [-0.25, -0.2) is 0 Å². The predicted molar refractivity (Wildman–Crippen MR) is 59.7 cm³/mol. The standard InChI is InChI=1S/C11H22N2O2/c1-9(10(14)15-4)12-8-11(13(2)3)6-5-7-11/h9,12H,5-8H2,1-4H3. The van der Waals surface area contributed by atoms with E-state index in [0.29, 0.717) is 0 Å². The van der Waals surface area contributed by atoms with Crippen LogP contribution in [0.15, 0.2) is 0 Å².